The van der Waals surface area contributed by atoms with Gasteiger partial charge in [-0.05, 0) is 13.8 Å². The van der Waals surface area contributed by atoms with Crippen LogP contribution >= 0.6 is 0 Å². The molecule has 0 saturated heterocycles. The van der Waals surface area contributed by atoms with Crippen LogP contribution in [0.5, 0.6) is 0 Å². The molecule has 98 valence electrons. The Morgan fingerprint density at radius 1 is 1.00 bits per heavy atom. The molecule has 0 rings (SSSR count). The van der Waals surface area contributed by atoms with Gasteiger partial charge in [0.25, 0.3) is 0 Å². The predicted molar refractivity (Wildman–Crippen MR) is 60.9 cm³/mol. The first-order chi connectivity index (χ1) is 7.86. The van der Waals surface area contributed by atoms with Gasteiger partial charge in [0, 0.05) is 11.1 Å². The van der Waals surface area contributed by atoms with Crippen LogP contribution in [0.2, 0.25) is 0 Å². The number of esters is 2. The van der Waals surface area contributed by atoms with Crippen molar-refractivity contribution in [2.75, 3.05) is 20.0 Å². The average molecular weight is 246 g/mol. The van der Waals surface area contributed by atoms with Gasteiger partial charge < -0.3 is 19.7 Å². The Labute approximate surface area is 100 Å². The highest BCUT2D eigenvalue weighted by Crippen LogP contribution is 1.90. The summed E-state index contributed by atoms with van der Waals surface area (Å²) in [6.45, 7) is 9.04. The van der Waals surface area contributed by atoms with E-state index in [4.69, 9.17) is 10.2 Å². The van der Waals surface area contributed by atoms with Gasteiger partial charge in [-0.1, -0.05) is 13.2 Å². The smallest absolute Gasteiger partial charge is 0.335 e. The molecule has 0 saturated carbocycles. The highest BCUT2D eigenvalue weighted by molar-refractivity contribution is 5.87. The minimum Gasteiger partial charge on any atom is -0.460 e. The Morgan fingerprint density at radius 3 is 1.65 bits per heavy atom. The zero-order valence-electron chi connectivity index (χ0n) is 10.1. The van der Waals surface area contributed by atoms with Gasteiger partial charge in [0.05, 0.1) is 6.61 Å². The maximum Gasteiger partial charge on any atom is 0.335 e. The van der Waals surface area contributed by atoms with Crippen LogP contribution in [0, 0.1) is 0 Å². The van der Waals surface area contributed by atoms with Gasteiger partial charge in [0.15, 0.2) is 6.79 Å². The molecule has 0 aliphatic carbocycles. The molecule has 17 heavy (non-hydrogen) atoms. The molecular formula is C11H18O6. The molecule has 2 N–H and O–H groups in total. The van der Waals surface area contributed by atoms with Crippen molar-refractivity contribution in [3.8, 4) is 0 Å². The van der Waals surface area contributed by atoms with E-state index in [-0.39, 0.29) is 13.2 Å². The lowest BCUT2D eigenvalue weighted by atomic mass is 10.4. The maximum absolute atomic E-state index is 10.5. The van der Waals surface area contributed by atoms with Crippen LogP contribution in [0.3, 0.4) is 0 Å². The molecule has 0 bridgehead atoms. The van der Waals surface area contributed by atoms with Crippen LogP contribution in [0.15, 0.2) is 24.3 Å². The minimum atomic E-state index is -0.578. The molecular weight excluding hydrogens is 228 g/mol. The minimum absolute atomic E-state index is 0.0473. The summed E-state index contributed by atoms with van der Waals surface area (Å²) in [5.41, 5.74) is 0.641. The summed E-state index contributed by atoms with van der Waals surface area (Å²) in [5.74, 6) is -1.02. The van der Waals surface area contributed by atoms with Gasteiger partial charge >= 0.3 is 11.9 Å². The van der Waals surface area contributed by atoms with E-state index in [9.17, 15) is 9.59 Å². The monoisotopic (exact) mass is 246 g/mol. The number of ether oxygens (including phenoxy) is 2. The zero-order valence-corrected chi connectivity index (χ0v) is 10.1. The van der Waals surface area contributed by atoms with E-state index in [1.807, 2.05) is 0 Å². The van der Waals surface area contributed by atoms with Crippen LogP contribution < -0.4 is 0 Å². The van der Waals surface area contributed by atoms with Crippen molar-refractivity contribution in [1.82, 2.24) is 0 Å². The first-order valence-electron chi connectivity index (χ1n) is 4.73. The Hall–Kier alpha value is -1.66. The van der Waals surface area contributed by atoms with Crippen molar-refractivity contribution in [3.05, 3.63) is 24.3 Å². The first kappa shape index (κ1) is 17.7. The first-order valence-corrected chi connectivity index (χ1v) is 4.73. The molecule has 0 aliphatic heterocycles. The van der Waals surface area contributed by atoms with Crippen LogP contribution in [-0.2, 0) is 19.1 Å². The molecule has 0 atom stereocenters. The average Bonchev–Trinajstić information content (AvgIpc) is 2.26. The van der Waals surface area contributed by atoms with E-state index in [1.54, 1.807) is 6.92 Å². The normalized spacial score (nSPS) is 8.47. The van der Waals surface area contributed by atoms with E-state index < -0.39 is 18.7 Å². The number of carbonyl (C=O) groups excluding carboxylic acids is 2. The number of aliphatic hydroxyl groups excluding tert-OH is 2. The van der Waals surface area contributed by atoms with E-state index in [0.29, 0.717) is 11.1 Å². The van der Waals surface area contributed by atoms with Crippen molar-refractivity contribution in [1.29, 1.82) is 0 Å². The predicted octanol–water partition coefficient (Wildman–Crippen LogP) is 0.153. The largest absolute Gasteiger partial charge is 0.460 e. The summed E-state index contributed by atoms with van der Waals surface area (Å²) in [5, 5.41) is 16.2. The molecule has 6 heteroatoms. The molecule has 0 aromatic rings. The fourth-order valence-corrected chi connectivity index (χ4v) is 0.443. The van der Waals surface area contributed by atoms with Gasteiger partial charge in [0.2, 0.25) is 0 Å². The van der Waals surface area contributed by atoms with Gasteiger partial charge in [-0.25, -0.2) is 9.59 Å². The number of aliphatic hydroxyl groups is 2. The van der Waals surface area contributed by atoms with Crippen LogP contribution in [0.4, 0.5) is 0 Å². The van der Waals surface area contributed by atoms with Gasteiger partial charge in [0.1, 0.15) is 6.61 Å². The van der Waals surface area contributed by atoms with Crippen molar-refractivity contribution in [2.45, 2.75) is 13.8 Å². The molecule has 0 unspecified atom stereocenters. The Bertz CT molecular complexity index is 282. The number of hydrogen-bond acceptors (Lipinski definition) is 6. The van der Waals surface area contributed by atoms with Crippen molar-refractivity contribution in [2.24, 2.45) is 0 Å². The summed E-state index contributed by atoms with van der Waals surface area (Å²) in [6, 6.07) is 0. The number of hydrogen-bond donors (Lipinski definition) is 2. The fourth-order valence-electron chi connectivity index (χ4n) is 0.443. The lowest BCUT2D eigenvalue weighted by Crippen LogP contribution is -2.08. The number of rotatable bonds is 5. The Balaban J connectivity index is 0. The topological polar surface area (TPSA) is 93.1 Å². The second-order valence-corrected chi connectivity index (χ2v) is 2.98. The summed E-state index contributed by atoms with van der Waals surface area (Å²) < 4.78 is 8.58. The van der Waals surface area contributed by atoms with Gasteiger partial charge in [-0.15, -0.1) is 0 Å². The van der Waals surface area contributed by atoms with E-state index in [1.165, 1.54) is 6.92 Å². The Kier molecular flexibility index (Phi) is 11.3. The van der Waals surface area contributed by atoms with Crippen molar-refractivity contribution < 1.29 is 29.3 Å². The lowest BCUT2D eigenvalue weighted by molar-refractivity contribution is -0.146. The fraction of sp³-hybridized carbons (Fsp3) is 0.455. The second kappa shape index (κ2) is 10.8. The van der Waals surface area contributed by atoms with E-state index >= 15 is 0 Å². The summed E-state index contributed by atoms with van der Waals surface area (Å²) in [4.78, 5) is 20.7. The van der Waals surface area contributed by atoms with E-state index in [0.717, 1.165) is 0 Å². The summed E-state index contributed by atoms with van der Waals surface area (Å²) in [6.07, 6.45) is 0. The van der Waals surface area contributed by atoms with Crippen LogP contribution in [0.1, 0.15) is 13.8 Å². The molecule has 0 amide bonds. The lowest BCUT2D eigenvalue weighted by Gasteiger charge is -1.99. The highest BCUT2D eigenvalue weighted by Gasteiger charge is 2.00. The molecule has 0 radical (unpaired) electrons. The molecule has 0 aromatic carbocycles. The molecule has 0 heterocycles. The van der Waals surface area contributed by atoms with Crippen molar-refractivity contribution in [3.63, 3.8) is 0 Å². The third kappa shape index (κ3) is 12.3. The standard InChI is InChI=1S/C6H10O3.C5H8O3/c1-5(2)6(8)9-4-3-7;1-4(2)5(7)8-3-6/h7H,1,3-4H2,2H3;6H,1,3H2,2H3. The van der Waals surface area contributed by atoms with Gasteiger partial charge in [-0.2, -0.15) is 0 Å². The van der Waals surface area contributed by atoms with Crippen LogP contribution in [0.25, 0.3) is 0 Å². The molecule has 0 fully saturated rings. The summed E-state index contributed by atoms with van der Waals surface area (Å²) >= 11 is 0. The van der Waals surface area contributed by atoms with Crippen molar-refractivity contribution >= 4 is 11.9 Å². The molecule has 6 nitrogen and oxygen atoms in total. The zero-order chi connectivity index (χ0) is 13.8. The molecule has 0 aromatic heterocycles. The van der Waals surface area contributed by atoms with Gasteiger partial charge in [-0.3, -0.25) is 0 Å². The highest BCUT2D eigenvalue weighted by atomic mass is 16.6. The molecule has 0 aliphatic rings. The third-order valence-electron chi connectivity index (χ3n) is 1.22. The SMILES string of the molecule is C=C(C)C(=O)OCCO.C=C(C)C(=O)OCO. The third-order valence-corrected chi connectivity index (χ3v) is 1.22. The van der Waals surface area contributed by atoms with E-state index in [2.05, 4.69) is 22.6 Å². The maximum atomic E-state index is 10.5. The quantitative estimate of drug-likeness (QED) is 0.407. The van der Waals surface area contributed by atoms with Crippen LogP contribution in [-0.4, -0.2) is 42.2 Å². The second-order valence-electron chi connectivity index (χ2n) is 2.98. The Morgan fingerprint density at radius 2 is 1.41 bits per heavy atom. The summed E-state index contributed by atoms with van der Waals surface area (Å²) in [7, 11) is 0. The molecule has 0 spiro atoms. The number of carbonyl (C=O) groups is 2.